The van der Waals surface area contributed by atoms with Crippen LogP contribution in [0.1, 0.15) is 22.7 Å². The second-order valence-electron chi connectivity index (χ2n) is 3.67. The van der Waals surface area contributed by atoms with Crippen LogP contribution in [0.15, 0.2) is 30.3 Å². The molecule has 2 aromatic rings. The molecule has 84 valence electrons. The third-order valence-electron chi connectivity index (χ3n) is 2.45. The Morgan fingerprint density at radius 3 is 2.31 bits per heavy atom. The van der Waals surface area contributed by atoms with Crippen LogP contribution in [0.5, 0.6) is 0 Å². The van der Waals surface area contributed by atoms with Gasteiger partial charge in [0.05, 0.1) is 14.7 Å². The normalized spacial score (nSPS) is 12.8. The van der Waals surface area contributed by atoms with Crippen LogP contribution in [0.25, 0.3) is 0 Å². The van der Waals surface area contributed by atoms with E-state index < -0.39 is 0 Å². The summed E-state index contributed by atoms with van der Waals surface area (Å²) >= 11 is 13.3. The quantitative estimate of drug-likeness (QED) is 0.860. The molecule has 0 aliphatic carbocycles. The second kappa shape index (κ2) is 4.76. The highest BCUT2D eigenvalue weighted by molar-refractivity contribution is 7.20. The van der Waals surface area contributed by atoms with Crippen molar-refractivity contribution in [2.24, 2.45) is 5.73 Å². The first-order valence-electron chi connectivity index (χ1n) is 4.85. The molecule has 2 N–H and O–H groups in total. The first kappa shape index (κ1) is 11.9. The highest BCUT2D eigenvalue weighted by atomic mass is 35.5. The van der Waals surface area contributed by atoms with E-state index in [4.69, 9.17) is 28.9 Å². The molecule has 0 saturated carbocycles. The molecule has 0 saturated heterocycles. The fourth-order valence-electron chi connectivity index (χ4n) is 1.52. The molecule has 1 heterocycles. The van der Waals surface area contributed by atoms with Gasteiger partial charge >= 0.3 is 0 Å². The van der Waals surface area contributed by atoms with Gasteiger partial charge in [-0.3, -0.25) is 0 Å². The second-order valence-corrected chi connectivity index (χ2v) is 5.95. The maximum atomic E-state index is 6.14. The van der Waals surface area contributed by atoms with E-state index in [2.05, 4.69) is 0 Å². The van der Waals surface area contributed by atoms with Crippen molar-refractivity contribution in [3.63, 3.8) is 0 Å². The van der Waals surface area contributed by atoms with Gasteiger partial charge in [-0.25, -0.2) is 0 Å². The third-order valence-corrected chi connectivity index (χ3v) is 3.97. The van der Waals surface area contributed by atoms with E-state index >= 15 is 0 Å². The number of nitrogens with two attached hydrogens (primary N) is 1. The average molecular weight is 272 g/mol. The number of halogens is 2. The van der Waals surface area contributed by atoms with Crippen molar-refractivity contribution in [2.75, 3.05) is 0 Å². The summed E-state index contributed by atoms with van der Waals surface area (Å²) in [6, 6.07) is 9.73. The first-order chi connectivity index (χ1) is 7.58. The van der Waals surface area contributed by atoms with Gasteiger partial charge in [-0.1, -0.05) is 53.0 Å². The Morgan fingerprint density at radius 2 is 1.81 bits per heavy atom. The van der Waals surface area contributed by atoms with Gasteiger partial charge in [-0.15, -0.1) is 11.3 Å². The summed E-state index contributed by atoms with van der Waals surface area (Å²) in [5.74, 6) is 0. The molecule has 0 spiro atoms. The Bertz CT molecular complexity index is 490. The molecule has 1 nitrogen and oxygen atoms in total. The van der Waals surface area contributed by atoms with Gasteiger partial charge in [0.25, 0.3) is 0 Å². The lowest BCUT2D eigenvalue weighted by molar-refractivity contribution is 0.876. The minimum absolute atomic E-state index is 0.211. The van der Waals surface area contributed by atoms with Crippen LogP contribution in [-0.2, 0) is 0 Å². The van der Waals surface area contributed by atoms with Crippen molar-refractivity contribution in [3.8, 4) is 0 Å². The molecule has 16 heavy (non-hydrogen) atoms. The smallest absolute Gasteiger partial charge is 0.0995 e. The van der Waals surface area contributed by atoms with E-state index in [1.54, 1.807) is 0 Å². The van der Waals surface area contributed by atoms with Crippen molar-refractivity contribution in [3.05, 3.63) is 55.7 Å². The molecule has 0 radical (unpaired) electrons. The molecule has 0 bridgehead atoms. The van der Waals surface area contributed by atoms with Crippen LogP contribution in [0.3, 0.4) is 0 Å². The Morgan fingerprint density at radius 1 is 1.19 bits per heavy atom. The lowest BCUT2D eigenvalue weighted by Gasteiger charge is -2.11. The monoisotopic (exact) mass is 271 g/mol. The lowest BCUT2D eigenvalue weighted by atomic mass is 10.0. The molecule has 1 aromatic carbocycles. The first-order valence-corrected chi connectivity index (χ1v) is 6.42. The van der Waals surface area contributed by atoms with Crippen LogP contribution in [0.4, 0.5) is 0 Å². The molecule has 0 aliphatic rings. The van der Waals surface area contributed by atoms with E-state index in [1.807, 2.05) is 37.3 Å². The van der Waals surface area contributed by atoms with Gasteiger partial charge in [0.1, 0.15) is 0 Å². The van der Waals surface area contributed by atoms with Gasteiger partial charge in [0.15, 0.2) is 0 Å². The molecule has 4 heteroatoms. The van der Waals surface area contributed by atoms with Crippen molar-refractivity contribution in [2.45, 2.75) is 13.0 Å². The summed E-state index contributed by atoms with van der Waals surface area (Å²) in [5.41, 5.74) is 9.29. The van der Waals surface area contributed by atoms with E-state index in [9.17, 15) is 0 Å². The molecule has 0 aliphatic heterocycles. The number of rotatable bonds is 2. The van der Waals surface area contributed by atoms with Crippen LogP contribution in [-0.4, -0.2) is 0 Å². The zero-order chi connectivity index (χ0) is 11.7. The summed E-state index contributed by atoms with van der Waals surface area (Å²) in [7, 11) is 0. The standard InChI is InChI=1S/C12H11Cl2NS/c1-7-2-4-8(5-3-7)11(15)9-6-10(13)16-12(9)14/h2-6,11H,15H2,1H3. The van der Waals surface area contributed by atoms with Crippen LogP contribution >= 0.6 is 34.5 Å². The fraction of sp³-hybridized carbons (Fsp3) is 0.167. The van der Waals surface area contributed by atoms with Crippen LogP contribution < -0.4 is 5.73 Å². The van der Waals surface area contributed by atoms with E-state index in [1.165, 1.54) is 16.9 Å². The predicted molar refractivity (Wildman–Crippen MR) is 71.5 cm³/mol. The number of benzene rings is 1. The third kappa shape index (κ3) is 2.41. The highest BCUT2D eigenvalue weighted by Gasteiger charge is 2.15. The van der Waals surface area contributed by atoms with Crippen molar-refractivity contribution >= 4 is 34.5 Å². The Hall–Kier alpha value is -0.540. The van der Waals surface area contributed by atoms with E-state index in [0.717, 1.165) is 11.1 Å². The number of aryl methyl sites for hydroxylation is 1. The maximum absolute atomic E-state index is 6.14. The Labute approximate surface area is 109 Å². The summed E-state index contributed by atoms with van der Waals surface area (Å²) in [5, 5.41) is 0. The number of hydrogen-bond acceptors (Lipinski definition) is 2. The number of hydrogen-bond donors (Lipinski definition) is 1. The summed E-state index contributed by atoms with van der Waals surface area (Å²) < 4.78 is 1.33. The highest BCUT2D eigenvalue weighted by Crippen LogP contribution is 2.36. The molecule has 0 fully saturated rings. The van der Waals surface area contributed by atoms with Gasteiger partial charge < -0.3 is 5.73 Å². The van der Waals surface area contributed by atoms with Gasteiger partial charge in [-0.2, -0.15) is 0 Å². The minimum Gasteiger partial charge on any atom is -0.320 e. The largest absolute Gasteiger partial charge is 0.320 e. The van der Waals surface area contributed by atoms with Gasteiger partial charge in [-0.05, 0) is 18.6 Å². The summed E-state index contributed by atoms with van der Waals surface area (Å²) in [6.07, 6.45) is 0. The van der Waals surface area contributed by atoms with Crippen LogP contribution in [0, 0.1) is 6.92 Å². The van der Waals surface area contributed by atoms with E-state index in [0.29, 0.717) is 8.67 Å². The Balaban J connectivity index is 2.35. The van der Waals surface area contributed by atoms with Crippen molar-refractivity contribution < 1.29 is 0 Å². The van der Waals surface area contributed by atoms with Gasteiger partial charge in [0.2, 0.25) is 0 Å². The molecular formula is C12H11Cl2NS. The van der Waals surface area contributed by atoms with E-state index in [-0.39, 0.29) is 6.04 Å². The molecule has 1 aromatic heterocycles. The molecule has 1 unspecified atom stereocenters. The van der Waals surface area contributed by atoms with Crippen molar-refractivity contribution in [1.29, 1.82) is 0 Å². The molecule has 1 atom stereocenters. The van der Waals surface area contributed by atoms with Crippen LogP contribution in [0.2, 0.25) is 8.67 Å². The SMILES string of the molecule is Cc1ccc(C(N)c2cc(Cl)sc2Cl)cc1. The fourth-order valence-corrected chi connectivity index (χ4v) is 3.07. The molecule has 2 rings (SSSR count). The average Bonchev–Trinajstić information content (AvgIpc) is 2.58. The molecule has 0 amide bonds. The zero-order valence-corrected chi connectivity index (χ0v) is 11.0. The molecular weight excluding hydrogens is 261 g/mol. The topological polar surface area (TPSA) is 26.0 Å². The summed E-state index contributed by atoms with van der Waals surface area (Å²) in [4.78, 5) is 0. The Kier molecular flexibility index (Phi) is 3.55. The predicted octanol–water partition coefficient (Wildman–Crippen LogP) is 4.41. The maximum Gasteiger partial charge on any atom is 0.0995 e. The van der Waals surface area contributed by atoms with Gasteiger partial charge in [0, 0.05) is 5.56 Å². The van der Waals surface area contributed by atoms with Crippen molar-refractivity contribution in [1.82, 2.24) is 0 Å². The zero-order valence-electron chi connectivity index (χ0n) is 8.71. The number of thiophene rings is 1. The summed E-state index contributed by atoms with van der Waals surface area (Å²) in [6.45, 7) is 2.05. The minimum atomic E-state index is -0.211. The lowest BCUT2D eigenvalue weighted by Crippen LogP contribution is -2.11.